The van der Waals surface area contributed by atoms with Crippen LogP contribution in [0, 0.1) is 18.3 Å². The van der Waals surface area contributed by atoms with Crippen molar-refractivity contribution in [3.8, 4) is 6.07 Å². The summed E-state index contributed by atoms with van der Waals surface area (Å²) < 4.78 is 23.5. The predicted octanol–water partition coefficient (Wildman–Crippen LogP) is 2.81. The van der Waals surface area contributed by atoms with Crippen LogP contribution >= 0.6 is 0 Å². The Labute approximate surface area is 146 Å². The summed E-state index contributed by atoms with van der Waals surface area (Å²) >= 11 is 0. The molecule has 0 radical (unpaired) electrons. The highest BCUT2D eigenvalue weighted by Crippen LogP contribution is 2.25. The number of aromatic nitrogens is 1. The van der Waals surface area contributed by atoms with Crippen LogP contribution in [0.2, 0.25) is 0 Å². The van der Waals surface area contributed by atoms with E-state index in [1.165, 1.54) is 11.1 Å². The Morgan fingerprint density at radius 3 is 2.68 bits per heavy atom. The molecule has 0 spiro atoms. The summed E-state index contributed by atoms with van der Waals surface area (Å²) in [5.74, 6) is 0.137. The molecular weight excluding hydrogens is 323 g/mol. The number of hydrogen-bond donors (Lipinski definition) is 1. The number of aryl methyl sites for hydroxylation is 1. The van der Waals surface area contributed by atoms with Gasteiger partial charge in [-0.2, -0.15) is 10.2 Å². The van der Waals surface area contributed by atoms with E-state index in [1.807, 2.05) is 6.07 Å². The van der Waals surface area contributed by atoms with E-state index in [0.29, 0.717) is 19.8 Å². The number of alkyl halides is 1. The lowest BCUT2D eigenvalue weighted by Gasteiger charge is -2.35. The molecule has 3 rings (SSSR count). The lowest BCUT2D eigenvalue weighted by Crippen LogP contribution is -2.41. The van der Waals surface area contributed by atoms with Gasteiger partial charge in [0.1, 0.15) is 6.07 Å². The maximum Gasteiger partial charge on any atom is 0.232 e. The van der Waals surface area contributed by atoms with Crippen LogP contribution in [-0.4, -0.2) is 42.7 Å². The first-order valence-corrected chi connectivity index (χ1v) is 8.29. The quantitative estimate of drug-likeness (QED) is 0.868. The molecule has 1 atom stereocenters. The van der Waals surface area contributed by atoms with E-state index >= 15 is 0 Å². The van der Waals surface area contributed by atoms with Crippen LogP contribution in [0.5, 0.6) is 0 Å². The molecule has 0 amide bonds. The number of benzene rings is 1. The lowest BCUT2D eigenvalue weighted by atomic mass is 10.0. The van der Waals surface area contributed by atoms with Gasteiger partial charge in [0.15, 0.2) is 6.67 Å². The van der Waals surface area contributed by atoms with Gasteiger partial charge in [0, 0.05) is 19.6 Å². The zero-order chi connectivity index (χ0) is 17.6. The number of halogens is 1. The summed E-state index contributed by atoms with van der Waals surface area (Å²) in [4.78, 5) is 6.16. The fourth-order valence-electron chi connectivity index (χ4n) is 2.94. The van der Waals surface area contributed by atoms with Gasteiger partial charge in [-0.15, -0.1) is 0 Å². The van der Waals surface area contributed by atoms with E-state index in [4.69, 9.17) is 14.4 Å². The number of nitriles is 1. The highest BCUT2D eigenvalue weighted by Gasteiger charge is 2.24. The molecule has 6 nitrogen and oxygen atoms in total. The van der Waals surface area contributed by atoms with Crippen molar-refractivity contribution in [2.45, 2.75) is 19.6 Å². The number of nitrogens with zero attached hydrogens (tertiary/aromatic N) is 3. The summed E-state index contributed by atoms with van der Waals surface area (Å²) in [6.45, 7) is 4.80. The third-order valence-corrected chi connectivity index (χ3v) is 4.30. The van der Waals surface area contributed by atoms with E-state index in [2.05, 4.69) is 46.4 Å². The second-order valence-corrected chi connectivity index (χ2v) is 5.99. The highest BCUT2D eigenvalue weighted by atomic mass is 19.1. The smallest absolute Gasteiger partial charge is 0.232 e. The first-order chi connectivity index (χ1) is 12.2. The van der Waals surface area contributed by atoms with Crippen LogP contribution in [0.1, 0.15) is 28.8 Å². The van der Waals surface area contributed by atoms with E-state index in [-0.39, 0.29) is 23.5 Å². The zero-order valence-electron chi connectivity index (χ0n) is 14.2. The Bertz CT molecular complexity index is 733. The monoisotopic (exact) mass is 344 g/mol. The maximum atomic E-state index is 12.7. The van der Waals surface area contributed by atoms with Gasteiger partial charge in [-0.3, -0.25) is 4.90 Å². The van der Waals surface area contributed by atoms with E-state index < -0.39 is 6.67 Å². The molecule has 1 aromatic carbocycles. The average molecular weight is 344 g/mol. The summed E-state index contributed by atoms with van der Waals surface area (Å²) in [7, 11) is 0. The Morgan fingerprint density at radius 2 is 2.04 bits per heavy atom. The first-order valence-electron chi connectivity index (χ1n) is 8.29. The average Bonchev–Trinajstić information content (AvgIpc) is 3.06. The number of morpholine rings is 1. The Morgan fingerprint density at radius 1 is 1.32 bits per heavy atom. The van der Waals surface area contributed by atoms with Crippen LogP contribution in [0.4, 0.5) is 10.3 Å². The minimum Gasteiger partial charge on any atom is -0.421 e. The van der Waals surface area contributed by atoms with Gasteiger partial charge in [0.2, 0.25) is 17.5 Å². The molecule has 2 heterocycles. The van der Waals surface area contributed by atoms with Crippen molar-refractivity contribution >= 4 is 5.88 Å². The second kappa shape index (κ2) is 8.10. The summed E-state index contributed by atoms with van der Waals surface area (Å²) in [6.07, 6.45) is 0. The second-order valence-electron chi connectivity index (χ2n) is 5.99. The molecule has 132 valence electrons. The number of anilines is 1. The summed E-state index contributed by atoms with van der Waals surface area (Å²) in [6, 6.07) is 10.4. The molecule has 1 aromatic heterocycles. The van der Waals surface area contributed by atoms with Gasteiger partial charge >= 0.3 is 0 Å². The summed E-state index contributed by atoms with van der Waals surface area (Å²) in [5, 5.41) is 12.3. The van der Waals surface area contributed by atoms with E-state index in [0.717, 1.165) is 13.1 Å². The summed E-state index contributed by atoms with van der Waals surface area (Å²) in [5.41, 5.74) is 2.45. The van der Waals surface area contributed by atoms with Gasteiger partial charge in [-0.1, -0.05) is 29.8 Å². The molecule has 0 bridgehead atoms. The molecule has 0 saturated carbocycles. The number of ether oxygens (including phenoxy) is 1. The third-order valence-electron chi connectivity index (χ3n) is 4.30. The molecule has 0 unspecified atom stereocenters. The Hall–Kier alpha value is -2.43. The van der Waals surface area contributed by atoms with Gasteiger partial charge < -0.3 is 14.5 Å². The Kier molecular flexibility index (Phi) is 5.64. The molecule has 1 aliphatic rings. The minimum absolute atomic E-state index is 0.0808. The van der Waals surface area contributed by atoms with Crippen molar-refractivity contribution in [3.05, 3.63) is 47.0 Å². The molecule has 1 saturated heterocycles. The molecule has 1 aliphatic heterocycles. The van der Waals surface area contributed by atoms with Gasteiger partial charge in [0.25, 0.3) is 0 Å². The number of nitrogens with one attached hydrogen (secondary N) is 1. The largest absolute Gasteiger partial charge is 0.421 e. The predicted molar refractivity (Wildman–Crippen MR) is 90.8 cm³/mol. The van der Waals surface area contributed by atoms with Crippen LogP contribution in [0.15, 0.2) is 28.7 Å². The van der Waals surface area contributed by atoms with Crippen molar-refractivity contribution in [1.82, 2.24) is 9.88 Å². The van der Waals surface area contributed by atoms with Crippen molar-refractivity contribution in [3.63, 3.8) is 0 Å². The molecule has 0 aliphatic carbocycles. The number of hydrogen-bond acceptors (Lipinski definition) is 6. The third kappa shape index (κ3) is 4.16. The van der Waals surface area contributed by atoms with Crippen molar-refractivity contribution in [2.24, 2.45) is 0 Å². The molecule has 2 aromatic rings. The molecular formula is C18H21FN4O2. The van der Waals surface area contributed by atoms with Crippen LogP contribution in [0.3, 0.4) is 0 Å². The molecule has 7 heteroatoms. The zero-order valence-corrected chi connectivity index (χ0v) is 14.2. The molecule has 1 N–H and O–H groups in total. The normalized spacial score (nSPS) is 16.4. The highest BCUT2D eigenvalue weighted by molar-refractivity contribution is 5.45. The van der Waals surface area contributed by atoms with Crippen molar-refractivity contribution < 1.29 is 13.5 Å². The van der Waals surface area contributed by atoms with E-state index in [9.17, 15) is 4.39 Å². The van der Waals surface area contributed by atoms with Gasteiger partial charge in [0.05, 0.1) is 19.3 Å². The SMILES string of the molecule is Cc1ccc([C@@H](CNc2oc(CF)nc2C#N)N2CCOCC2)cc1. The molecule has 1 fully saturated rings. The topological polar surface area (TPSA) is 74.3 Å². The minimum atomic E-state index is -0.832. The number of oxazole rings is 1. The number of rotatable bonds is 6. The fraction of sp³-hybridized carbons (Fsp3) is 0.444. The van der Waals surface area contributed by atoms with Crippen molar-refractivity contribution in [1.29, 1.82) is 5.26 Å². The fourth-order valence-corrected chi connectivity index (χ4v) is 2.94. The maximum absolute atomic E-state index is 12.7. The van der Waals surface area contributed by atoms with Gasteiger partial charge in [-0.25, -0.2) is 4.39 Å². The first kappa shape index (κ1) is 17.4. The van der Waals surface area contributed by atoms with Crippen LogP contribution < -0.4 is 5.32 Å². The van der Waals surface area contributed by atoms with Gasteiger partial charge in [-0.05, 0) is 12.5 Å². The van der Waals surface area contributed by atoms with Crippen LogP contribution in [-0.2, 0) is 11.4 Å². The van der Waals surface area contributed by atoms with Crippen molar-refractivity contribution in [2.75, 3.05) is 38.2 Å². The lowest BCUT2D eigenvalue weighted by molar-refractivity contribution is 0.0186. The van der Waals surface area contributed by atoms with E-state index in [1.54, 1.807) is 0 Å². The molecule has 25 heavy (non-hydrogen) atoms. The standard InChI is InChI=1S/C18H21FN4O2/c1-13-2-4-14(5-3-13)16(23-6-8-24-9-7-23)12-21-18-15(11-20)22-17(10-19)25-18/h2-5,16,21H,6-10,12H2,1H3/t16-/m1/s1. The Balaban J connectivity index is 1.79. The van der Waals surface area contributed by atoms with Crippen LogP contribution in [0.25, 0.3) is 0 Å².